The number of urea groups is 1. The van der Waals surface area contributed by atoms with E-state index in [0.717, 1.165) is 0 Å². The molecule has 1 saturated heterocycles. The smallest absolute Gasteiger partial charge is 0.437 e. The maximum atomic E-state index is 13.8. The van der Waals surface area contributed by atoms with Gasteiger partial charge in [0.1, 0.15) is 11.7 Å². The maximum absolute atomic E-state index is 13.8. The van der Waals surface area contributed by atoms with Gasteiger partial charge < -0.3 is 20.5 Å². The molecule has 0 saturated carbocycles. The number of amides is 2. The fourth-order valence-corrected chi connectivity index (χ4v) is 3.23. The Hall–Kier alpha value is -3.07. The van der Waals surface area contributed by atoms with Crippen molar-refractivity contribution >= 4 is 11.8 Å². The molecule has 2 aromatic carbocycles. The fourth-order valence-electron chi connectivity index (χ4n) is 3.23. The molecule has 0 radical (unpaired) electrons. The summed E-state index contributed by atoms with van der Waals surface area (Å²) in [5.74, 6) is -2.72. The highest BCUT2D eigenvalue weighted by atomic mass is 19.4. The third kappa shape index (κ3) is 3.40. The van der Waals surface area contributed by atoms with Crippen molar-refractivity contribution in [3.63, 3.8) is 0 Å². The van der Waals surface area contributed by atoms with E-state index in [1.54, 1.807) is 12.1 Å². The predicted molar refractivity (Wildman–Crippen MR) is 92.7 cm³/mol. The molecule has 1 aliphatic heterocycles. The molecule has 2 aromatic rings. The minimum atomic E-state index is -5.29. The number of carbonyl (C=O) groups is 2. The SMILES string of the molecule is COc1cccc(C2NC(=O)NC(O)(C(F)(F)F)C2C(=O)c2ccccc2)c1. The van der Waals surface area contributed by atoms with Crippen molar-refractivity contribution in [3.8, 4) is 5.75 Å². The second-order valence-corrected chi connectivity index (χ2v) is 6.32. The van der Waals surface area contributed by atoms with Crippen LogP contribution in [-0.4, -0.2) is 35.9 Å². The molecule has 3 unspecified atom stereocenters. The summed E-state index contributed by atoms with van der Waals surface area (Å²) in [6.07, 6.45) is -5.29. The van der Waals surface area contributed by atoms with Crippen LogP contribution in [0.5, 0.6) is 5.75 Å². The lowest BCUT2D eigenvalue weighted by Crippen LogP contribution is -2.72. The lowest BCUT2D eigenvalue weighted by Gasteiger charge is -2.45. The summed E-state index contributed by atoms with van der Waals surface area (Å²) in [6.45, 7) is 0. The predicted octanol–water partition coefficient (Wildman–Crippen LogP) is 2.80. The second-order valence-electron chi connectivity index (χ2n) is 6.32. The number of methoxy groups -OCH3 is 1. The Labute approximate surface area is 158 Å². The summed E-state index contributed by atoms with van der Waals surface area (Å²) in [5, 5.41) is 14.3. The average molecular weight is 394 g/mol. The van der Waals surface area contributed by atoms with E-state index in [0.29, 0.717) is 5.75 Å². The van der Waals surface area contributed by atoms with E-state index in [9.17, 15) is 27.9 Å². The molecule has 0 bridgehead atoms. The quantitative estimate of drug-likeness (QED) is 0.696. The van der Waals surface area contributed by atoms with Crippen LogP contribution in [0.25, 0.3) is 0 Å². The standard InChI is InChI=1S/C19H17F3N2O4/c1-28-13-9-5-8-12(10-13)15-14(16(25)11-6-3-2-4-7-11)18(27,19(20,21)22)24-17(26)23-15/h2-10,14-15,27H,1H3,(H2,23,24,26). The number of rotatable bonds is 4. The van der Waals surface area contributed by atoms with E-state index in [2.05, 4.69) is 5.32 Å². The summed E-state index contributed by atoms with van der Waals surface area (Å²) in [6, 6.07) is 10.5. The van der Waals surface area contributed by atoms with Crippen molar-refractivity contribution in [1.82, 2.24) is 10.6 Å². The molecule has 6 nitrogen and oxygen atoms in total. The molecule has 148 valence electrons. The van der Waals surface area contributed by atoms with E-state index < -0.39 is 35.7 Å². The Balaban J connectivity index is 2.17. The second kappa shape index (κ2) is 7.16. The third-order valence-electron chi connectivity index (χ3n) is 4.60. The van der Waals surface area contributed by atoms with Gasteiger partial charge in [-0.15, -0.1) is 0 Å². The van der Waals surface area contributed by atoms with Gasteiger partial charge in [0.25, 0.3) is 0 Å². The molecule has 0 aliphatic carbocycles. The maximum Gasteiger partial charge on any atom is 0.437 e. The Morgan fingerprint density at radius 2 is 1.82 bits per heavy atom. The van der Waals surface area contributed by atoms with Crippen LogP contribution in [0.4, 0.5) is 18.0 Å². The van der Waals surface area contributed by atoms with Gasteiger partial charge in [0.2, 0.25) is 5.72 Å². The number of ketones is 1. The number of carbonyl (C=O) groups excluding carboxylic acids is 2. The van der Waals surface area contributed by atoms with Crippen molar-refractivity contribution in [3.05, 3.63) is 65.7 Å². The van der Waals surface area contributed by atoms with Crippen molar-refractivity contribution in [1.29, 1.82) is 0 Å². The first kappa shape index (κ1) is 19.7. The number of hydrogen-bond donors (Lipinski definition) is 3. The van der Waals surface area contributed by atoms with Crippen LogP contribution in [0.3, 0.4) is 0 Å². The third-order valence-corrected chi connectivity index (χ3v) is 4.60. The zero-order valence-corrected chi connectivity index (χ0v) is 14.7. The number of Topliss-reactive ketones (excluding diaryl/α,β-unsaturated/α-hetero) is 1. The minimum absolute atomic E-state index is 0.0268. The van der Waals surface area contributed by atoms with Gasteiger partial charge in [-0.1, -0.05) is 42.5 Å². The molecule has 3 rings (SSSR count). The number of alkyl halides is 3. The van der Waals surface area contributed by atoms with Crippen LogP contribution >= 0.6 is 0 Å². The number of aliphatic hydroxyl groups is 1. The van der Waals surface area contributed by atoms with Gasteiger partial charge in [0, 0.05) is 5.56 Å². The molecule has 28 heavy (non-hydrogen) atoms. The molecule has 0 spiro atoms. The molecule has 2 amide bonds. The Morgan fingerprint density at radius 1 is 1.14 bits per heavy atom. The lowest BCUT2D eigenvalue weighted by atomic mass is 9.77. The molecule has 9 heteroatoms. The Bertz CT molecular complexity index is 888. The van der Waals surface area contributed by atoms with Gasteiger partial charge in [0.15, 0.2) is 5.78 Å². The highest BCUT2D eigenvalue weighted by molar-refractivity contribution is 6.00. The molecule has 0 aromatic heterocycles. The molecule has 1 heterocycles. The fraction of sp³-hybridized carbons (Fsp3) is 0.263. The summed E-state index contributed by atoms with van der Waals surface area (Å²) in [5.41, 5.74) is -3.59. The first-order valence-electron chi connectivity index (χ1n) is 8.28. The van der Waals surface area contributed by atoms with Crippen molar-refractivity contribution in [2.24, 2.45) is 5.92 Å². The zero-order valence-electron chi connectivity index (χ0n) is 14.7. The van der Waals surface area contributed by atoms with Crippen LogP contribution in [0, 0.1) is 5.92 Å². The van der Waals surface area contributed by atoms with Gasteiger partial charge in [-0.2, -0.15) is 13.2 Å². The monoisotopic (exact) mass is 394 g/mol. The van der Waals surface area contributed by atoms with Gasteiger partial charge >= 0.3 is 12.2 Å². The number of benzene rings is 2. The van der Waals surface area contributed by atoms with Crippen LogP contribution in [0.15, 0.2) is 54.6 Å². The van der Waals surface area contributed by atoms with Gasteiger partial charge in [-0.05, 0) is 17.7 Å². The Morgan fingerprint density at radius 3 is 2.43 bits per heavy atom. The average Bonchev–Trinajstić information content (AvgIpc) is 2.67. The van der Waals surface area contributed by atoms with Crippen LogP contribution in [-0.2, 0) is 0 Å². The minimum Gasteiger partial charge on any atom is -0.497 e. The van der Waals surface area contributed by atoms with Gasteiger partial charge in [-0.25, -0.2) is 4.79 Å². The van der Waals surface area contributed by atoms with Crippen LogP contribution in [0.1, 0.15) is 22.0 Å². The zero-order chi connectivity index (χ0) is 20.5. The summed E-state index contributed by atoms with van der Waals surface area (Å²) in [7, 11) is 1.37. The molecular formula is C19H17F3N2O4. The first-order valence-corrected chi connectivity index (χ1v) is 8.28. The molecule has 1 aliphatic rings. The molecular weight excluding hydrogens is 377 g/mol. The normalized spacial score (nSPS) is 24.8. The largest absolute Gasteiger partial charge is 0.497 e. The summed E-state index contributed by atoms with van der Waals surface area (Å²) < 4.78 is 46.4. The Kier molecular flexibility index (Phi) is 5.03. The lowest BCUT2D eigenvalue weighted by molar-refractivity contribution is -0.287. The van der Waals surface area contributed by atoms with Crippen LogP contribution in [0.2, 0.25) is 0 Å². The van der Waals surface area contributed by atoms with Crippen LogP contribution < -0.4 is 15.4 Å². The van der Waals surface area contributed by atoms with E-state index in [1.165, 1.54) is 54.9 Å². The van der Waals surface area contributed by atoms with E-state index in [1.807, 2.05) is 0 Å². The highest BCUT2D eigenvalue weighted by Gasteiger charge is 2.66. The molecule has 3 N–H and O–H groups in total. The summed E-state index contributed by atoms with van der Waals surface area (Å²) in [4.78, 5) is 25.0. The number of hydrogen-bond acceptors (Lipinski definition) is 4. The number of halogens is 3. The van der Waals surface area contributed by atoms with E-state index in [-0.39, 0.29) is 11.1 Å². The highest BCUT2D eigenvalue weighted by Crippen LogP contribution is 2.44. The van der Waals surface area contributed by atoms with E-state index >= 15 is 0 Å². The molecule has 3 atom stereocenters. The van der Waals surface area contributed by atoms with Gasteiger partial charge in [0.05, 0.1) is 13.2 Å². The van der Waals surface area contributed by atoms with Crippen molar-refractivity contribution < 1.29 is 32.6 Å². The summed E-state index contributed by atoms with van der Waals surface area (Å²) >= 11 is 0. The van der Waals surface area contributed by atoms with Gasteiger partial charge in [-0.3, -0.25) is 4.79 Å². The van der Waals surface area contributed by atoms with E-state index in [4.69, 9.17) is 4.74 Å². The van der Waals surface area contributed by atoms with Crippen molar-refractivity contribution in [2.45, 2.75) is 17.9 Å². The van der Waals surface area contributed by atoms with Crippen molar-refractivity contribution in [2.75, 3.05) is 7.11 Å². The topological polar surface area (TPSA) is 87.7 Å². The number of nitrogens with one attached hydrogen (secondary N) is 2. The number of ether oxygens (including phenoxy) is 1. The molecule has 1 fully saturated rings. The first-order chi connectivity index (χ1) is 13.2.